The lowest BCUT2D eigenvalue weighted by atomic mass is 9.98. The van der Waals surface area contributed by atoms with Crippen LogP contribution in [0.25, 0.3) is 97.4 Å². The first-order chi connectivity index (χ1) is 28.7. The molecule has 0 unspecified atom stereocenters. The SMILES string of the molecule is c1ccc(-c2ccc(N(c3ccc(-c4ccc5c(c4)oc4ccccc45)cc3)c3ccc(-c4ccc5c(c4)sc4ccccc45)cc3)c3oc4ccccc4c23)cc1. The summed E-state index contributed by atoms with van der Waals surface area (Å²) in [5, 5.41) is 7.09. The monoisotopic (exact) mass is 759 g/mol. The fourth-order valence-corrected chi connectivity index (χ4v) is 9.84. The predicted octanol–water partition coefficient (Wildman–Crippen LogP) is 16.3. The van der Waals surface area contributed by atoms with Gasteiger partial charge in [0.1, 0.15) is 16.7 Å². The van der Waals surface area contributed by atoms with Crippen LogP contribution in [0.2, 0.25) is 0 Å². The van der Waals surface area contributed by atoms with Crippen LogP contribution in [-0.2, 0) is 0 Å². The van der Waals surface area contributed by atoms with E-state index in [9.17, 15) is 0 Å². The maximum absolute atomic E-state index is 6.84. The molecule has 0 amide bonds. The topological polar surface area (TPSA) is 29.5 Å². The van der Waals surface area contributed by atoms with Crippen molar-refractivity contribution in [2.45, 2.75) is 0 Å². The van der Waals surface area contributed by atoms with Crippen molar-refractivity contribution in [3.05, 3.63) is 200 Å². The van der Waals surface area contributed by atoms with Crippen LogP contribution in [-0.4, -0.2) is 0 Å². The molecule has 58 heavy (non-hydrogen) atoms. The normalized spacial score (nSPS) is 11.8. The summed E-state index contributed by atoms with van der Waals surface area (Å²) >= 11 is 1.85. The van der Waals surface area contributed by atoms with Gasteiger partial charge in [-0.25, -0.2) is 0 Å². The van der Waals surface area contributed by atoms with Crippen LogP contribution in [0, 0.1) is 0 Å². The first kappa shape index (κ1) is 32.8. The number of para-hydroxylation sites is 2. The average molecular weight is 760 g/mol. The van der Waals surface area contributed by atoms with Crippen molar-refractivity contribution in [3.63, 3.8) is 0 Å². The Morgan fingerprint density at radius 2 is 0.897 bits per heavy atom. The van der Waals surface area contributed by atoms with Crippen molar-refractivity contribution >= 4 is 92.4 Å². The van der Waals surface area contributed by atoms with Gasteiger partial charge in [-0.05, 0) is 100 Å². The Labute approximate surface area is 338 Å². The molecule has 0 saturated heterocycles. The minimum absolute atomic E-state index is 0.848. The zero-order chi connectivity index (χ0) is 38.2. The second-order valence-electron chi connectivity index (χ2n) is 14.8. The van der Waals surface area contributed by atoms with E-state index in [0.29, 0.717) is 0 Å². The van der Waals surface area contributed by atoms with Gasteiger partial charge < -0.3 is 13.7 Å². The van der Waals surface area contributed by atoms with E-state index in [1.807, 2.05) is 29.5 Å². The largest absolute Gasteiger partial charge is 0.456 e. The molecule has 0 bridgehead atoms. The number of furan rings is 2. The molecule has 12 aromatic rings. The summed E-state index contributed by atoms with van der Waals surface area (Å²) in [5.41, 5.74) is 13.5. The van der Waals surface area contributed by atoms with Gasteiger partial charge in [0.2, 0.25) is 0 Å². The smallest absolute Gasteiger partial charge is 0.160 e. The van der Waals surface area contributed by atoms with Crippen molar-refractivity contribution in [1.29, 1.82) is 0 Å². The maximum Gasteiger partial charge on any atom is 0.160 e. The minimum atomic E-state index is 0.848. The summed E-state index contributed by atoms with van der Waals surface area (Å²) in [6, 6.07) is 71.4. The summed E-state index contributed by atoms with van der Waals surface area (Å²) in [5.74, 6) is 0. The number of benzene rings is 9. The Bertz CT molecular complexity index is 3340. The van der Waals surface area contributed by atoms with E-state index in [1.54, 1.807) is 0 Å². The molecule has 0 radical (unpaired) electrons. The van der Waals surface area contributed by atoms with Gasteiger partial charge in [-0.15, -0.1) is 11.3 Å². The zero-order valence-corrected chi connectivity index (χ0v) is 32.0. The second kappa shape index (κ2) is 13.1. The third kappa shape index (κ3) is 5.27. The Kier molecular flexibility index (Phi) is 7.40. The highest BCUT2D eigenvalue weighted by Crippen LogP contribution is 2.46. The van der Waals surface area contributed by atoms with Crippen molar-refractivity contribution in [3.8, 4) is 33.4 Å². The van der Waals surface area contributed by atoms with Crippen LogP contribution in [0.15, 0.2) is 209 Å². The third-order valence-corrected chi connectivity index (χ3v) is 12.6. The highest BCUT2D eigenvalue weighted by molar-refractivity contribution is 7.25. The minimum Gasteiger partial charge on any atom is -0.456 e. The molecule has 272 valence electrons. The number of rotatable bonds is 6. The van der Waals surface area contributed by atoms with E-state index in [4.69, 9.17) is 8.83 Å². The molecule has 0 aliphatic heterocycles. The van der Waals surface area contributed by atoms with Gasteiger partial charge in [0.15, 0.2) is 5.58 Å². The molecule has 9 aromatic carbocycles. The first-order valence-electron chi connectivity index (χ1n) is 19.6. The first-order valence-corrected chi connectivity index (χ1v) is 20.4. The second-order valence-corrected chi connectivity index (χ2v) is 15.9. The Hall–Kier alpha value is -7.40. The Morgan fingerprint density at radius 1 is 0.345 bits per heavy atom. The lowest BCUT2D eigenvalue weighted by Crippen LogP contribution is -2.10. The summed E-state index contributed by atoms with van der Waals surface area (Å²) in [6.07, 6.45) is 0. The van der Waals surface area contributed by atoms with Crippen LogP contribution < -0.4 is 4.90 Å². The summed E-state index contributed by atoms with van der Waals surface area (Å²) < 4.78 is 15.7. The summed E-state index contributed by atoms with van der Waals surface area (Å²) in [6.45, 7) is 0. The highest BCUT2D eigenvalue weighted by atomic mass is 32.1. The van der Waals surface area contributed by atoms with Crippen molar-refractivity contribution < 1.29 is 8.83 Å². The zero-order valence-electron chi connectivity index (χ0n) is 31.2. The number of fused-ring (bicyclic) bond motifs is 9. The van der Waals surface area contributed by atoms with Crippen LogP contribution in [0.5, 0.6) is 0 Å². The number of hydrogen-bond donors (Lipinski definition) is 0. The predicted molar refractivity (Wildman–Crippen MR) is 245 cm³/mol. The Morgan fingerprint density at radius 3 is 1.64 bits per heavy atom. The standard InChI is InChI=1S/C54H33NO2S/c1-2-10-36(11-3-1)41-30-31-47(54-53(41)46-14-5-8-16-49(46)57-54)55(39-24-18-34(19-25-39)37-22-28-43-42-12-4-7-15-48(42)56-50(43)32-37)40-26-20-35(21-27-40)38-23-29-45-44-13-6-9-17-51(44)58-52(45)33-38/h1-33H. The molecule has 3 nitrogen and oxygen atoms in total. The number of thiophene rings is 1. The van der Waals surface area contributed by atoms with Crippen LogP contribution in [0.4, 0.5) is 17.1 Å². The lowest BCUT2D eigenvalue weighted by Gasteiger charge is -2.26. The van der Waals surface area contributed by atoms with E-state index in [1.165, 1.54) is 31.3 Å². The van der Waals surface area contributed by atoms with Gasteiger partial charge in [0.25, 0.3) is 0 Å². The molecular formula is C54H33NO2S. The molecule has 3 aromatic heterocycles. The van der Waals surface area contributed by atoms with Crippen molar-refractivity contribution in [2.24, 2.45) is 0 Å². The number of nitrogens with zero attached hydrogens (tertiary/aromatic N) is 1. The van der Waals surface area contributed by atoms with Crippen LogP contribution in [0.3, 0.4) is 0 Å². The highest BCUT2D eigenvalue weighted by Gasteiger charge is 2.22. The van der Waals surface area contributed by atoms with Gasteiger partial charge in [0.05, 0.1) is 5.69 Å². The fraction of sp³-hybridized carbons (Fsp3) is 0. The Balaban J connectivity index is 1.00. The molecule has 3 heterocycles. The molecular weight excluding hydrogens is 727 g/mol. The van der Waals surface area contributed by atoms with Gasteiger partial charge in [-0.3, -0.25) is 0 Å². The lowest BCUT2D eigenvalue weighted by molar-refractivity contribution is 0.668. The average Bonchev–Trinajstić information content (AvgIpc) is 3.98. The van der Waals surface area contributed by atoms with Crippen LogP contribution >= 0.6 is 11.3 Å². The molecule has 0 aliphatic carbocycles. The molecule has 0 atom stereocenters. The quantitative estimate of drug-likeness (QED) is 0.169. The summed E-state index contributed by atoms with van der Waals surface area (Å²) in [7, 11) is 0. The van der Waals surface area contributed by atoms with Crippen LogP contribution in [0.1, 0.15) is 0 Å². The molecule has 0 aliphatic rings. The van der Waals surface area contributed by atoms with Crippen molar-refractivity contribution in [2.75, 3.05) is 4.90 Å². The van der Waals surface area contributed by atoms with E-state index in [0.717, 1.165) is 83.2 Å². The molecule has 12 rings (SSSR count). The maximum atomic E-state index is 6.84. The molecule has 0 spiro atoms. The molecule has 0 saturated carbocycles. The van der Waals surface area contributed by atoms with E-state index in [2.05, 4.69) is 187 Å². The number of anilines is 3. The van der Waals surface area contributed by atoms with Gasteiger partial charge in [-0.1, -0.05) is 133 Å². The number of hydrogen-bond acceptors (Lipinski definition) is 4. The van der Waals surface area contributed by atoms with Crippen molar-refractivity contribution in [1.82, 2.24) is 0 Å². The van der Waals surface area contributed by atoms with E-state index < -0.39 is 0 Å². The summed E-state index contributed by atoms with van der Waals surface area (Å²) in [4.78, 5) is 2.32. The van der Waals surface area contributed by atoms with E-state index >= 15 is 0 Å². The van der Waals surface area contributed by atoms with Gasteiger partial charge in [-0.2, -0.15) is 0 Å². The molecule has 0 N–H and O–H groups in total. The molecule has 4 heteroatoms. The van der Waals surface area contributed by atoms with E-state index in [-0.39, 0.29) is 0 Å². The van der Waals surface area contributed by atoms with Gasteiger partial charge in [0, 0.05) is 53.1 Å². The van der Waals surface area contributed by atoms with Gasteiger partial charge >= 0.3 is 0 Å². The third-order valence-electron chi connectivity index (χ3n) is 11.5. The molecule has 0 fully saturated rings. The fourth-order valence-electron chi connectivity index (χ4n) is 8.69.